The molecule has 1 aliphatic heterocycles. The van der Waals surface area contributed by atoms with Crippen LogP contribution in [0.5, 0.6) is 0 Å². The Morgan fingerprint density at radius 2 is 1.16 bits per heavy atom. The zero-order chi connectivity index (χ0) is 30.5. The zero-order valence-corrected chi connectivity index (χ0v) is 26.2. The van der Waals surface area contributed by atoms with Crippen LogP contribution in [0.15, 0.2) is 119 Å². The first-order valence-corrected chi connectivity index (χ1v) is 17.5. The second-order valence-electron chi connectivity index (χ2n) is 11.2. The van der Waals surface area contributed by atoms with Crippen LogP contribution in [-0.2, 0) is 26.6 Å². The van der Waals surface area contributed by atoms with Crippen LogP contribution in [0.25, 0.3) is 10.8 Å². The second kappa shape index (κ2) is 13.5. The highest BCUT2D eigenvalue weighted by Gasteiger charge is 2.29. The van der Waals surface area contributed by atoms with Crippen molar-refractivity contribution in [3.05, 3.63) is 120 Å². The molecule has 0 N–H and O–H groups in total. The molecule has 1 aliphatic rings. The monoisotopic (exact) mass is 617 g/mol. The Hall–Kier alpha value is -3.34. The van der Waals surface area contributed by atoms with E-state index in [9.17, 15) is 16.8 Å². The maximum atomic E-state index is 14.0. The first-order valence-electron chi connectivity index (χ1n) is 14.6. The molecule has 1 heterocycles. The molecule has 0 unspecified atom stereocenters. The van der Waals surface area contributed by atoms with Crippen LogP contribution in [-0.4, -0.2) is 69.6 Å². The number of rotatable bonds is 6. The summed E-state index contributed by atoms with van der Waals surface area (Å²) in [7, 11) is -7.70. The van der Waals surface area contributed by atoms with Gasteiger partial charge in [0.1, 0.15) is 0 Å². The third-order valence-electron chi connectivity index (χ3n) is 7.83. The molecule has 0 aromatic heterocycles. The lowest BCUT2D eigenvalue weighted by molar-refractivity contribution is 0.238. The van der Waals surface area contributed by atoms with Crippen LogP contribution in [0.1, 0.15) is 24.0 Å². The smallest absolute Gasteiger partial charge is 0.243 e. The van der Waals surface area contributed by atoms with E-state index < -0.39 is 20.0 Å². The van der Waals surface area contributed by atoms with Crippen molar-refractivity contribution < 1.29 is 16.8 Å². The van der Waals surface area contributed by atoms with Crippen molar-refractivity contribution in [1.29, 1.82) is 0 Å². The first-order chi connectivity index (χ1) is 20.6. The average molecular weight is 618 g/mol. The number of nitrogens with zero attached hydrogens (tertiary/aromatic N) is 3. The van der Waals surface area contributed by atoms with Crippen molar-refractivity contribution >= 4 is 30.8 Å². The van der Waals surface area contributed by atoms with Gasteiger partial charge in [-0.3, -0.25) is 4.90 Å². The summed E-state index contributed by atoms with van der Waals surface area (Å²) < 4.78 is 58.6. The summed E-state index contributed by atoms with van der Waals surface area (Å²) in [5, 5.41) is 1.81. The Balaban J connectivity index is 1.45. The zero-order valence-electron chi connectivity index (χ0n) is 24.6. The Morgan fingerprint density at radius 3 is 1.79 bits per heavy atom. The number of hydrogen-bond acceptors (Lipinski definition) is 5. The highest BCUT2D eigenvalue weighted by Crippen LogP contribution is 2.25. The lowest BCUT2D eigenvalue weighted by Crippen LogP contribution is -2.41. The third-order valence-corrected chi connectivity index (χ3v) is 11.5. The SMILES string of the molecule is C=C1CN(S(=O)(=O)c2ccc(C)cc2)CCCN(Cc2ccccc2)CCCN(S(=O)(=O)c2ccc3ccccc3c2)C1. The standard InChI is InChI=1S/C34H39N3O4S2/c1-28-14-17-33(18-15-28)42(38,39)36-22-8-20-35(27-30-10-4-3-5-11-30)21-9-23-37(26-29(2)25-36)43(40,41)34-19-16-31-12-6-7-13-32(31)24-34/h3-7,10-19,24H,2,8-9,20-23,25-27H2,1H3. The first kappa shape index (κ1) is 31.1. The Morgan fingerprint density at radius 1 is 0.628 bits per heavy atom. The predicted molar refractivity (Wildman–Crippen MR) is 173 cm³/mol. The van der Waals surface area contributed by atoms with Crippen molar-refractivity contribution in [3.63, 3.8) is 0 Å². The van der Waals surface area contributed by atoms with E-state index in [-0.39, 0.29) is 22.9 Å². The fraction of sp³-hybridized carbons (Fsp3) is 0.294. The minimum absolute atomic E-state index is 0.0355. The number of hydrogen-bond donors (Lipinski definition) is 0. The lowest BCUT2D eigenvalue weighted by atomic mass is 10.1. The number of sulfonamides is 2. The lowest BCUT2D eigenvalue weighted by Gasteiger charge is -2.30. The van der Waals surface area contributed by atoms with Crippen LogP contribution in [0, 0.1) is 6.92 Å². The molecule has 4 aromatic rings. The molecule has 0 bridgehead atoms. The second-order valence-corrected chi connectivity index (χ2v) is 15.1. The van der Waals surface area contributed by atoms with Crippen molar-refractivity contribution in [1.82, 2.24) is 13.5 Å². The van der Waals surface area contributed by atoms with Gasteiger partial charge in [0.15, 0.2) is 0 Å². The topological polar surface area (TPSA) is 78.0 Å². The number of aryl methyl sites for hydroxylation is 1. The Bertz CT molecular complexity index is 1770. The summed E-state index contributed by atoms with van der Waals surface area (Å²) in [5.74, 6) is 0. The molecule has 1 fully saturated rings. The molecular formula is C34H39N3O4S2. The van der Waals surface area contributed by atoms with E-state index in [2.05, 4.69) is 23.6 Å². The van der Waals surface area contributed by atoms with Crippen LogP contribution in [0.3, 0.4) is 0 Å². The van der Waals surface area contributed by atoms with Crippen molar-refractivity contribution in [2.45, 2.75) is 36.1 Å². The Kier molecular flexibility index (Phi) is 9.78. The molecule has 226 valence electrons. The van der Waals surface area contributed by atoms with Gasteiger partial charge in [0, 0.05) is 32.7 Å². The molecule has 0 radical (unpaired) electrons. The van der Waals surface area contributed by atoms with Crippen LogP contribution in [0.2, 0.25) is 0 Å². The molecule has 4 aromatic carbocycles. The van der Waals surface area contributed by atoms with Gasteiger partial charge in [-0.2, -0.15) is 8.61 Å². The predicted octanol–water partition coefficient (Wildman–Crippen LogP) is 5.68. The van der Waals surface area contributed by atoms with Crippen molar-refractivity contribution in [3.8, 4) is 0 Å². The third kappa shape index (κ3) is 7.60. The quantitative estimate of drug-likeness (QED) is 0.260. The van der Waals surface area contributed by atoms with Gasteiger partial charge in [-0.1, -0.05) is 84.9 Å². The molecule has 0 spiro atoms. The van der Waals surface area contributed by atoms with Gasteiger partial charge in [-0.05, 0) is 79.0 Å². The van der Waals surface area contributed by atoms with E-state index in [1.807, 2.05) is 55.5 Å². The molecule has 7 nitrogen and oxygen atoms in total. The van der Waals surface area contributed by atoms with Gasteiger partial charge in [0.05, 0.1) is 9.79 Å². The molecule has 0 atom stereocenters. The van der Waals surface area contributed by atoms with E-state index in [1.165, 1.54) is 8.61 Å². The van der Waals surface area contributed by atoms with E-state index >= 15 is 0 Å². The molecule has 9 heteroatoms. The minimum Gasteiger partial charge on any atom is -0.299 e. The van der Waals surface area contributed by atoms with Crippen LogP contribution >= 0.6 is 0 Å². The highest BCUT2D eigenvalue weighted by molar-refractivity contribution is 7.89. The fourth-order valence-corrected chi connectivity index (χ4v) is 8.54. The minimum atomic E-state index is -3.88. The summed E-state index contributed by atoms with van der Waals surface area (Å²) >= 11 is 0. The number of fused-ring (bicyclic) bond motifs is 1. The van der Waals surface area contributed by atoms with E-state index in [4.69, 9.17) is 0 Å². The number of benzene rings is 4. The average Bonchev–Trinajstić information content (AvgIpc) is 2.99. The van der Waals surface area contributed by atoms with E-state index in [0.29, 0.717) is 51.1 Å². The van der Waals surface area contributed by atoms with Crippen LogP contribution < -0.4 is 0 Å². The molecule has 5 rings (SSSR count). The maximum absolute atomic E-state index is 14.0. The summed E-state index contributed by atoms with van der Waals surface area (Å²) in [6.07, 6.45) is 1.28. The van der Waals surface area contributed by atoms with Gasteiger partial charge < -0.3 is 0 Å². The van der Waals surface area contributed by atoms with Crippen molar-refractivity contribution in [2.75, 3.05) is 39.3 Å². The summed E-state index contributed by atoms with van der Waals surface area (Å²) in [4.78, 5) is 2.72. The Labute approximate surface area is 256 Å². The van der Waals surface area contributed by atoms with E-state index in [0.717, 1.165) is 21.9 Å². The molecular weight excluding hydrogens is 579 g/mol. The normalized spacial score (nSPS) is 17.4. The van der Waals surface area contributed by atoms with Gasteiger partial charge in [0.25, 0.3) is 0 Å². The van der Waals surface area contributed by atoms with Gasteiger partial charge in [0.2, 0.25) is 20.0 Å². The van der Waals surface area contributed by atoms with Crippen molar-refractivity contribution in [2.24, 2.45) is 0 Å². The van der Waals surface area contributed by atoms with Gasteiger partial charge in [-0.25, -0.2) is 16.8 Å². The molecule has 43 heavy (non-hydrogen) atoms. The largest absolute Gasteiger partial charge is 0.299 e. The van der Waals surface area contributed by atoms with Gasteiger partial charge in [-0.15, -0.1) is 0 Å². The molecule has 0 aliphatic carbocycles. The summed E-state index contributed by atoms with van der Waals surface area (Å²) in [6, 6.07) is 29.8. The van der Waals surface area contributed by atoms with Crippen LogP contribution in [0.4, 0.5) is 0 Å². The highest BCUT2D eigenvalue weighted by atomic mass is 32.2. The maximum Gasteiger partial charge on any atom is 0.243 e. The molecule has 0 amide bonds. The summed E-state index contributed by atoms with van der Waals surface area (Å²) in [6.45, 7) is 8.82. The molecule has 1 saturated heterocycles. The summed E-state index contributed by atoms with van der Waals surface area (Å²) in [5.41, 5.74) is 2.66. The van der Waals surface area contributed by atoms with E-state index in [1.54, 1.807) is 36.4 Å². The van der Waals surface area contributed by atoms with Gasteiger partial charge >= 0.3 is 0 Å². The molecule has 0 saturated carbocycles. The fourth-order valence-electron chi connectivity index (χ4n) is 5.51.